The summed E-state index contributed by atoms with van der Waals surface area (Å²) in [6, 6.07) is 4.37. The van der Waals surface area contributed by atoms with Crippen molar-refractivity contribution in [2.75, 3.05) is 19.8 Å². The third-order valence-corrected chi connectivity index (χ3v) is 4.01. The van der Waals surface area contributed by atoms with Gasteiger partial charge < -0.3 is 15.6 Å². The SMILES string of the molecule is CCOc1cc(C)c(C(CC)CC(CN)CO)cc1C. The van der Waals surface area contributed by atoms with E-state index in [9.17, 15) is 5.11 Å². The fourth-order valence-electron chi connectivity index (χ4n) is 2.72. The lowest BCUT2D eigenvalue weighted by atomic mass is 9.84. The lowest BCUT2D eigenvalue weighted by Crippen LogP contribution is -2.21. The lowest BCUT2D eigenvalue weighted by molar-refractivity contribution is 0.214. The van der Waals surface area contributed by atoms with E-state index in [0.717, 1.165) is 18.6 Å². The molecular weight excluding hydrogens is 250 g/mol. The molecule has 0 aromatic heterocycles. The van der Waals surface area contributed by atoms with E-state index in [0.29, 0.717) is 19.1 Å². The Morgan fingerprint density at radius 3 is 2.40 bits per heavy atom. The van der Waals surface area contributed by atoms with Gasteiger partial charge in [0.2, 0.25) is 0 Å². The van der Waals surface area contributed by atoms with Crippen molar-refractivity contribution in [1.82, 2.24) is 0 Å². The molecule has 0 radical (unpaired) electrons. The molecule has 0 aliphatic carbocycles. The van der Waals surface area contributed by atoms with E-state index < -0.39 is 0 Å². The second-order valence-electron chi connectivity index (χ2n) is 5.53. The summed E-state index contributed by atoms with van der Waals surface area (Å²) in [7, 11) is 0. The number of rotatable bonds is 8. The Hall–Kier alpha value is -1.06. The number of hydrogen-bond acceptors (Lipinski definition) is 3. The first-order valence-corrected chi connectivity index (χ1v) is 7.62. The number of hydrogen-bond donors (Lipinski definition) is 2. The highest BCUT2D eigenvalue weighted by Crippen LogP contribution is 2.33. The van der Waals surface area contributed by atoms with Crippen molar-refractivity contribution < 1.29 is 9.84 Å². The molecule has 2 atom stereocenters. The molecule has 0 spiro atoms. The maximum absolute atomic E-state index is 9.36. The van der Waals surface area contributed by atoms with E-state index in [1.165, 1.54) is 16.7 Å². The van der Waals surface area contributed by atoms with Crippen molar-refractivity contribution in [3.05, 3.63) is 28.8 Å². The Morgan fingerprint density at radius 1 is 1.20 bits per heavy atom. The van der Waals surface area contributed by atoms with Gasteiger partial charge in [-0.2, -0.15) is 0 Å². The van der Waals surface area contributed by atoms with Crippen molar-refractivity contribution >= 4 is 0 Å². The van der Waals surface area contributed by atoms with Crippen LogP contribution in [0.2, 0.25) is 0 Å². The Labute approximate surface area is 123 Å². The number of aryl methyl sites for hydroxylation is 2. The van der Waals surface area contributed by atoms with Crippen LogP contribution >= 0.6 is 0 Å². The van der Waals surface area contributed by atoms with Gasteiger partial charge in [-0.1, -0.05) is 13.0 Å². The number of benzene rings is 1. The van der Waals surface area contributed by atoms with E-state index in [2.05, 4.69) is 32.9 Å². The first-order valence-electron chi connectivity index (χ1n) is 7.62. The minimum atomic E-state index is 0.169. The third kappa shape index (κ3) is 4.22. The Morgan fingerprint density at radius 2 is 1.90 bits per heavy atom. The van der Waals surface area contributed by atoms with Gasteiger partial charge >= 0.3 is 0 Å². The molecule has 0 bridgehead atoms. The van der Waals surface area contributed by atoms with Crippen LogP contribution in [0.25, 0.3) is 0 Å². The molecule has 3 heteroatoms. The van der Waals surface area contributed by atoms with Crippen LogP contribution < -0.4 is 10.5 Å². The second kappa shape index (κ2) is 8.28. The molecule has 3 nitrogen and oxygen atoms in total. The number of aliphatic hydroxyl groups excluding tert-OH is 1. The molecule has 0 aliphatic rings. The highest BCUT2D eigenvalue weighted by atomic mass is 16.5. The first-order chi connectivity index (χ1) is 9.57. The van der Waals surface area contributed by atoms with Crippen LogP contribution in [0.4, 0.5) is 0 Å². The summed E-state index contributed by atoms with van der Waals surface area (Å²) < 4.78 is 5.65. The third-order valence-electron chi connectivity index (χ3n) is 4.01. The van der Waals surface area contributed by atoms with Crippen LogP contribution in [0.3, 0.4) is 0 Å². The van der Waals surface area contributed by atoms with E-state index in [1.54, 1.807) is 0 Å². The van der Waals surface area contributed by atoms with E-state index in [1.807, 2.05) is 6.92 Å². The molecule has 20 heavy (non-hydrogen) atoms. The molecule has 0 saturated carbocycles. The number of nitrogens with two attached hydrogens (primary N) is 1. The highest BCUT2D eigenvalue weighted by Gasteiger charge is 2.18. The van der Waals surface area contributed by atoms with Crippen LogP contribution in [-0.2, 0) is 0 Å². The zero-order valence-corrected chi connectivity index (χ0v) is 13.3. The lowest BCUT2D eigenvalue weighted by Gasteiger charge is -2.23. The van der Waals surface area contributed by atoms with Gasteiger partial charge in [0.05, 0.1) is 6.61 Å². The molecule has 0 fully saturated rings. The van der Waals surface area contributed by atoms with Gasteiger partial charge in [0.25, 0.3) is 0 Å². The van der Waals surface area contributed by atoms with Crippen molar-refractivity contribution in [1.29, 1.82) is 0 Å². The van der Waals surface area contributed by atoms with Gasteiger partial charge in [-0.05, 0) is 74.8 Å². The molecule has 0 aliphatic heterocycles. The largest absolute Gasteiger partial charge is 0.494 e. The molecule has 114 valence electrons. The molecular formula is C17H29NO2. The van der Waals surface area contributed by atoms with E-state index >= 15 is 0 Å². The number of aliphatic hydroxyl groups is 1. The van der Waals surface area contributed by atoms with Crippen molar-refractivity contribution in [2.24, 2.45) is 11.7 Å². The smallest absolute Gasteiger partial charge is 0.122 e. The van der Waals surface area contributed by atoms with Crippen molar-refractivity contribution in [3.63, 3.8) is 0 Å². The highest BCUT2D eigenvalue weighted by molar-refractivity contribution is 5.43. The topological polar surface area (TPSA) is 55.5 Å². The van der Waals surface area contributed by atoms with Gasteiger partial charge in [0.1, 0.15) is 5.75 Å². The maximum atomic E-state index is 9.36. The number of ether oxygens (including phenoxy) is 1. The van der Waals surface area contributed by atoms with Crippen molar-refractivity contribution in [2.45, 2.75) is 46.5 Å². The van der Waals surface area contributed by atoms with Crippen LogP contribution in [-0.4, -0.2) is 24.9 Å². The summed E-state index contributed by atoms with van der Waals surface area (Å²) in [5, 5.41) is 9.36. The van der Waals surface area contributed by atoms with Crippen molar-refractivity contribution in [3.8, 4) is 5.75 Å². The summed E-state index contributed by atoms with van der Waals surface area (Å²) in [4.78, 5) is 0. The second-order valence-corrected chi connectivity index (χ2v) is 5.53. The molecule has 1 aromatic rings. The van der Waals surface area contributed by atoms with Crippen LogP contribution in [0, 0.1) is 19.8 Å². The predicted molar refractivity (Wildman–Crippen MR) is 84.4 cm³/mol. The Bertz CT molecular complexity index is 414. The maximum Gasteiger partial charge on any atom is 0.122 e. The van der Waals surface area contributed by atoms with Gasteiger partial charge in [-0.25, -0.2) is 0 Å². The summed E-state index contributed by atoms with van der Waals surface area (Å²) in [5.74, 6) is 1.61. The molecule has 1 aromatic carbocycles. The minimum Gasteiger partial charge on any atom is -0.494 e. The standard InChI is InChI=1S/C17H29NO2/c1-5-15(9-14(10-18)11-19)16-7-13(4)17(20-6-2)8-12(16)3/h7-8,14-15,19H,5-6,9-11,18H2,1-4H3. The zero-order chi connectivity index (χ0) is 15.1. The molecule has 1 rings (SSSR count). The minimum absolute atomic E-state index is 0.169. The molecule has 0 heterocycles. The van der Waals surface area contributed by atoms with E-state index in [4.69, 9.17) is 10.5 Å². The van der Waals surface area contributed by atoms with Gasteiger partial charge in [-0.3, -0.25) is 0 Å². The monoisotopic (exact) mass is 279 g/mol. The van der Waals surface area contributed by atoms with Crippen LogP contribution in [0.15, 0.2) is 12.1 Å². The average Bonchev–Trinajstić information content (AvgIpc) is 2.45. The summed E-state index contributed by atoms with van der Waals surface area (Å²) in [6.07, 6.45) is 2.00. The quantitative estimate of drug-likeness (QED) is 0.768. The molecule has 3 N–H and O–H groups in total. The Kier molecular flexibility index (Phi) is 7.03. The zero-order valence-electron chi connectivity index (χ0n) is 13.3. The average molecular weight is 279 g/mol. The summed E-state index contributed by atoms with van der Waals surface area (Å²) in [5.41, 5.74) is 9.52. The fraction of sp³-hybridized carbons (Fsp3) is 0.647. The molecule has 2 unspecified atom stereocenters. The summed E-state index contributed by atoms with van der Waals surface area (Å²) >= 11 is 0. The fourth-order valence-corrected chi connectivity index (χ4v) is 2.72. The van der Waals surface area contributed by atoms with Crippen LogP contribution in [0.5, 0.6) is 5.75 Å². The van der Waals surface area contributed by atoms with Gasteiger partial charge in [-0.15, -0.1) is 0 Å². The van der Waals surface area contributed by atoms with Gasteiger partial charge in [0, 0.05) is 6.61 Å². The van der Waals surface area contributed by atoms with E-state index in [-0.39, 0.29) is 12.5 Å². The molecule has 0 saturated heterocycles. The summed E-state index contributed by atoms with van der Waals surface area (Å²) in [6.45, 7) is 9.83. The van der Waals surface area contributed by atoms with Gasteiger partial charge in [0.15, 0.2) is 0 Å². The van der Waals surface area contributed by atoms with Crippen LogP contribution in [0.1, 0.15) is 49.3 Å². The first kappa shape index (κ1) is 17.0. The predicted octanol–water partition coefficient (Wildman–Crippen LogP) is 3.15. The Balaban J connectivity index is 3.00. The molecule has 0 amide bonds. The normalized spacial score (nSPS) is 14.1.